The number of ether oxygens (including phenoxy) is 2. The summed E-state index contributed by atoms with van der Waals surface area (Å²) in [5.41, 5.74) is 1.45. The summed E-state index contributed by atoms with van der Waals surface area (Å²) in [6.07, 6.45) is 5.17. The molecule has 0 bridgehead atoms. The molecular weight excluding hydrogens is 346 g/mol. The molecule has 0 aliphatic heterocycles. The number of urea groups is 1. The Morgan fingerprint density at radius 1 is 1.19 bits per heavy atom. The van der Waals surface area contributed by atoms with Gasteiger partial charge in [-0.1, -0.05) is 6.07 Å². The van der Waals surface area contributed by atoms with E-state index in [9.17, 15) is 4.79 Å². The highest BCUT2D eigenvalue weighted by atomic mass is 16.5. The van der Waals surface area contributed by atoms with E-state index in [1.165, 1.54) is 0 Å². The zero-order chi connectivity index (χ0) is 19.1. The molecule has 0 aliphatic carbocycles. The lowest BCUT2D eigenvalue weighted by Crippen LogP contribution is -2.28. The maximum Gasteiger partial charge on any atom is 0.319 e. The van der Waals surface area contributed by atoms with Gasteiger partial charge in [0.15, 0.2) is 17.3 Å². The summed E-state index contributed by atoms with van der Waals surface area (Å²) < 4.78 is 12.4. The zero-order valence-electron chi connectivity index (χ0n) is 15.2. The second kappa shape index (κ2) is 8.70. The third-order valence-corrected chi connectivity index (χ3v) is 3.75. The van der Waals surface area contributed by atoms with Crippen LogP contribution < -0.4 is 20.1 Å². The molecule has 2 aromatic heterocycles. The number of amides is 2. The van der Waals surface area contributed by atoms with Gasteiger partial charge in [-0.2, -0.15) is 5.10 Å². The van der Waals surface area contributed by atoms with Gasteiger partial charge in [0.2, 0.25) is 0 Å². The Kier molecular flexibility index (Phi) is 5.88. The van der Waals surface area contributed by atoms with Gasteiger partial charge in [0.25, 0.3) is 0 Å². The van der Waals surface area contributed by atoms with Crippen LogP contribution in [0.25, 0.3) is 5.82 Å². The molecule has 3 aromatic rings. The fourth-order valence-corrected chi connectivity index (χ4v) is 2.54. The summed E-state index contributed by atoms with van der Waals surface area (Å²) in [6, 6.07) is 10.4. The minimum atomic E-state index is -0.335. The third-order valence-electron chi connectivity index (χ3n) is 3.75. The minimum Gasteiger partial charge on any atom is -0.493 e. The van der Waals surface area contributed by atoms with E-state index in [4.69, 9.17) is 9.47 Å². The predicted octanol–water partition coefficient (Wildman–Crippen LogP) is 3.00. The van der Waals surface area contributed by atoms with Crippen molar-refractivity contribution >= 4 is 11.7 Å². The van der Waals surface area contributed by atoms with Crippen LogP contribution in [-0.4, -0.2) is 34.5 Å². The Bertz CT molecular complexity index is 896. The number of hydrogen-bond donors (Lipinski definition) is 2. The summed E-state index contributed by atoms with van der Waals surface area (Å²) in [6.45, 7) is 2.70. The molecule has 140 valence electrons. The monoisotopic (exact) mass is 367 g/mol. The number of aromatic nitrogens is 3. The second-order valence-electron chi connectivity index (χ2n) is 5.54. The van der Waals surface area contributed by atoms with E-state index >= 15 is 0 Å². The van der Waals surface area contributed by atoms with Gasteiger partial charge in [-0.25, -0.2) is 14.5 Å². The van der Waals surface area contributed by atoms with E-state index < -0.39 is 0 Å². The maximum absolute atomic E-state index is 12.3. The van der Waals surface area contributed by atoms with Gasteiger partial charge in [-0.3, -0.25) is 0 Å². The lowest BCUT2D eigenvalue weighted by molar-refractivity contribution is 0.251. The number of methoxy groups -OCH3 is 1. The highest BCUT2D eigenvalue weighted by Gasteiger charge is 2.10. The van der Waals surface area contributed by atoms with Gasteiger partial charge in [-0.05, 0) is 31.2 Å². The number of nitrogens with one attached hydrogen (secondary N) is 2. The molecule has 2 N–H and O–H groups in total. The molecular formula is C19H21N5O3. The molecule has 27 heavy (non-hydrogen) atoms. The molecule has 0 saturated heterocycles. The van der Waals surface area contributed by atoms with Crippen LogP contribution in [0.1, 0.15) is 12.5 Å². The minimum absolute atomic E-state index is 0.309. The van der Waals surface area contributed by atoms with E-state index in [0.29, 0.717) is 36.2 Å². The standard InChI is InChI=1S/C19H21N5O3/c1-3-27-17-12-15(7-8-16(17)26-2)23-19(25)21-13-14-6-4-9-20-18(14)24-11-5-10-22-24/h4-12H,3,13H2,1-2H3,(H2,21,23,25). The second-order valence-corrected chi connectivity index (χ2v) is 5.54. The molecule has 0 fully saturated rings. The van der Waals surface area contributed by atoms with Crippen molar-refractivity contribution in [2.24, 2.45) is 0 Å². The summed E-state index contributed by atoms with van der Waals surface area (Å²) >= 11 is 0. The van der Waals surface area contributed by atoms with Crippen molar-refractivity contribution in [1.29, 1.82) is 0 Å². The molecule has 8 nitrogen and oxygen atoms in total. The smallest absolute Gasteiger partial charge is 0.319 e. The number of anilines is 1. The van der Waals surface area contributed by atoms with Crippen molar-refractivity contribution in [3.05, 3.63) is 60.6 Å². The lowest BCUT2D eigenvalue weighted by atomic mass is 10.2. The first kappa shape index (κ1) is 18.2. The van der Waals surface area contributed by atoms with E-state index in [2.05, 4.69) is 20.7 Å². The molecule has 0 saturated carbocycles. The van der Waals surface area contributed by atoms with Gasteiger partial charge in [0, 0.05) is 42.5 Å². The molecule has 2 amide bonds. The van der Waals surface area contributed by atoms with Crippen molar-refractivity contribution in [3.63, 3.8) is 0 Å². The first-order valence-electron chi connectivity index (χ1n) is 8.51. The average Bonchev–Trinajstić information content (AvgIpc) is 3.22. The SMILES string of the molecule is CCOc1cc(NC(=O)NCc2cccnc2-n2cccn2)ccc1OC. The Labute approximate surface area is 157 Å². The van der Waals surface area contributed by atoms with E-state index in [0.717, 1.165) is 5.56 Å². The van der Waals surface area contributed by atoms with Crippen LogP contribution in [0.2, 0.25) is 0 Å². The Morgan fingerprint density at radius 3 is 2.81 bits per heavy atom. The molecule has 0 unspecified atom stereocenters. The van der Waals surface area contributed by atoms with E-state index in [1.807, 2.05) is 25.1 Å². The number of hydrogen-bond acceptors (Lipinski definition) is 5. The predicted molar refractivity (Wildman–Crippen MR) is 101 cm³/mol. The third kappa shape index (κ3) is 4.55. The Hall–Kier alpha value is -3.55. The van der Waals surface area contributed by atoms with Crippen LogP contribution >= 0.6 is 0 Å². The lowest BCUT2D eigenvalue weighted by Gasteiger charge is -2.13. The first-order chi connectivity index (χ1) is 13.2. The van der Waals surface area contributed by atoms with Crippen LogP contribution in [0.5, 0.6) is 11.5 Å². The summed E-state index contributed by atoms with van der Waals surface area (Å²) in [5, 5.41) is 9.80. The molecule has 0 spiro atoms. The quantitative estimate of drug-likeness (QED) is 0.670. The van der Waals surface area contributed by atoms with Crippen LogP contribution in [0, 0.1) is 0 Å². The molecule has 2 heterocycles. The van der Waals surface area contributed by atoms with Crippen molar-refractivity contribution < 1.29 is 14.3 Å². The number of nitrogens with zero attached hydrogens (tertiary/aromatic N) is 3. The molecule has 0 aliphatic rings. The van der Waals surface area contributed by atoms with Gasteiger partial charge in [-0.15, -0.1) is 0 Å². The largest absolute Gasteiger partial charge is 0.493 e. The fraction of sp³-hybridized carbons (Fsp3) is 0.211. The number of benzene rings is 1. The highest BCUT2D eigenvalue weighted by Crippen LogP contribution is 2.30. The average molecular weight is 367 g/mol. The van der Waals surface area contributed by atoms with Gasteiger partial charge in [0.05, 0.1) is 13.7 Å². The number of carbonyl (C=O) groups excluding carboxylic acids is 1. The van der Waals surface area contributed by atoms with Crippen molar-refractivity contribution in [2.45, 2.75) is 13.5 Å². The van der Waals surface area contributed by atoms with Crippen molar-refractivity contribution in [1.82, 2.24) is 20.1 Å². The number of rotatable bonds is 7. The van der Waals surface area contributed by atoms with Crippen LogP contribution in [0.15, 0.2) is 55.0 Å². The molecule has 0 radical (unpaired) electrons. The number of pyridine rings is 1. The van der Waals surface area contributed by atoms with E-state index in [1.54, 1.807) is 48.6 Å². The first-order valence-corrected chi connectivity index (χ1v) is 8.51. The summed E-state index contributed by atoms with van der Waals surface area (Å²) in [4.78, 5) is 16.6. The topological polar surface area (TPSA) is 90.3 Å². The van der Waals surface area contributed by atoms with Gasteiger partial charge < -0.3 is 20.1 Å². The van der Waals surface area contributed by atoms with Crippen LogP contribution in [0.4, 0.5) is 10.5 Å². The highest BCUT2D eigenvalue weighted by molar-refractivity contribution is 5.89. The van der Waals surface area contributed by atoms with Gasteiger partial charge >= 0.3 is 6.03 Å². The number of carbonyl (C=O) groups is 1. The molecule has 3 rings (SSSR count). The van der Waals surface area contributed by atoms with Crippen LogP contribution in [-0.2, 0) is 6.54 Å². The van der Waals surface area contributed by atoms with Crippen molar-refractivity contribution in [2.75, 3.05) is 19.0 Å². The summed E-state index contributed by atoms with van der Waals surface area (Å²) in [7, 11) is 1.57. The normalized spacial score (nSPS) is 10.3. The zero-order valence-corrected chi connectivity index (χ0v) is 15.2. The van der Waals surface area contributed by atoms with Crippen molar-refractivity contribution in [3.8, 4) is 17.3 Å². The maximum atomic E-state index is 12.3. The van der Waals surface area contributed by atoms with Gasteiger partial charge in [0.1, 0.15) is 0 Å². The molecule has 0 atom stereocenters. The molecule has 8 heteroatoms. The Balaban J connectivity index is 1.65. The van der Waals surface area contributed by atoms with E-state index in [-0.39, 0.29) is 6.03 Å². The fourth-order valence-electron chi connectivity index (χ4n) is 2.54. The molecule has 1 aromatic carbocycles. The Morgan fingerprint density at radius 2 is 2.07 bits per heavy atom. The van der Waals surface area contributed by atoms with Crippen LogP contribution in [0.3, 0.4) is 0 Å². The summed E-state index contributed by atoms with van der Waals surface area (Å²) in [5.74, 6) is 1.86.